The van der Waals surface area contributed by atoms with Gasteiger partial charge < -0.3 is 5.11 Å². The lowest BCUT2D eigenvalue weighted by molar-refractivity contribution is 0.475. The van der Waals surface area contributed by atoms with E-state index in [4.69, 9.17) is 15.6 Å². The maximum absolute atomic E-state index is 8.92. The van der Waals surface area contributed by atoms with Gasteiger partial charge in [-0.25, -0.2) is 0 Å². The Hall–Kier alpha value is -2.00. The van der Waals surface area contributed by atoms with Gasteiger partial charge in [0.2, 0.25) is 0 Å². The quantitative estimate of drug-likeness (QED) is 0.673. The molecule has 0 aliphatic carbocycles. The van der Waals surface area contributed by atoms with E-state index >= 15 is 0 Å². The first-order valence-corrected chi connectivity index (χ1v) is 3.36. The van der Waals surface area contributed by atoms with Crippen LogP contribution in [0.1, 0.15) is 11.5 Å². The van der Waals surface area contributed by atoms with Crippen molar-refractivity contribution in [1.29, 1.82) is 10.5 Å². The molecule has 0 heterocycles. The van der Waals surface area contributed by atoms with E-state index in [1.165, 1.54) is 12.1 Å². The Bertz CT molecular complexity index is 328. The SMILES string of the molecule is N#CC(C#N)c1ccc(O)cc1. The summed E-state index contributed by atoms with van der Waals surface area (Å²) < 4.78 is 0. The lowest BCUT2D eigenvalue weighted by atomic mass is 10.0. The number of nitrogens with zero attached hydrogens (tertiary/aromatic N) is 2. The summed E-state index contributed by atoms with van der Waals surface area (Å²) >= 11 is 0. The fourth-order valence-electron chi connectivity index (χ4n) is 0.845. The molecule has 1 aromatic rings. The summed E-state index contributed by atoms with van der Waals surface area (Å²) in [6, 6.07) is 9.72. The smallest absolute Gasteiger partial charge is 0.158 e. The van der Waals surface area contributed by atoms with E-state index < -0.39 is 5.92 Å². The molecule has 0 bridgehead atoms. The van der Waals surface area contributed by atoms with Gasteiger partial charge in [-0.15, -0.1) is 0 Å². The van der Waals surface area contributed by atoms with E-state index in [1.807, 2.05) is 12.1 Å². The summed E-state index contributed by atoms with van der Waals surface area (Å²) in [5.41, 5.74) is 0.609. The lowest BCUT2D eigenvalue weighted by Gasteiger charge is -1.98. The molecule has 1 rings (SSSR count). The van der Waals surface area contributed by atoms with Crippen LogP contribution in [-0.4, -0.2) is 5.11 Å². The van der Waals surface area contributed by atoms with Gasteiger partial charge in [0.1, 0.15) is 5.75 Å². The van der Waals surface area contributed by atoms with Crippen LogP contribution in [0.15, 0.2) is 24.3 Å². The van der Waals surface area contributed by atoms with Crippen molar-refractivity contribution in [3.05, 3.63) is 29.8 Å². The average molecular weight is 158 g/mol. The molecule has 58 valence electrons. The molecule has 0 spiro atoms. The zero-order chi connectivity index (χ0) is 8.97. The highest BCUT2D eigenvalue weighted by Crippen LogP contribution is 2.17. The highest BCUT2D eigenvalue weighted by molar-refractivity contribution is 5.34. The molecule has 0 aliphatic rings. The number of rotatable bonds is 1. The summed E-state index contributed by atoms with van der Waals surface area (Å²) in [5.74, 6) is -0.612. The monoisotopic (exact) mass is 158 g/mol. The molecule has 0 saturated carbocycles. The van der Waals surface area contributed by atoms with Gasteiger partial charge in [-0.2, -0.15) is 10.5 Å². The van der Waals surface area contributed by atoms with Crippen molar-refractivity contribution < 1.29 is 5.11 Å². The molecule has 0 atom stereocenters. The van der Waals surface area contributed by atoms with Crippen molar-refractivity contribution in [2.75, 3.05) is 0 Å². The molecule has 0 amide bonds. The molecule has 0 aliphatic heterocycles. The zero-order valence-electron chi connectivity index (χ0n) is 6.23. The second-order valence-corrected chi connectivity index (χ2v) is 2.28. The molecule has 0 aromatic heterocycles. The summed E-state index contributed by atoms with van der Waals surface area (Å²) in [5, 5.41) is 25.9. The van der Waals surface area contributed by atoms with Crippen molar-refractivity contribution in [2.45, 2.75) is 5.92 Å². The first-order valence-electron chi connectivity index (χ1n) is 3.36. The van der Waals surface area contributed by atoms with Crippen LogP contribution in [0.2, 0.25) is 0 Å². The van der Waals surface area contributed by atoms with Gasteiger partial charge in [-0.1, -0.05) is 12.1 Å². The molecular formula is C9H6N2O. The molecule has 3 heteroatoms. The Balaban J connectivity index is 2.99. The number of phenols is 1. The summed E-state index contributed by atoms with van der Waals surface area (Å²) in [4.78, 5) is 0. The molecular weight excluding hydrogens is 152 g/mol. The van der Waals surface area contributed by atoms with Gasteiger partial charge in [-0.3, -0.25) is 0 Å². The molecule has 1 N–H and O–H groups in total. The normalized spacial score (nSPS) is 8.92. The van der Waals surface area contributed by atoms with Crippen LogP contribution in [0.5, 0.6) is 5.75 Å². The van der Waals surface area contributed by atoms with Crippen molar-refractivity contribution in [1.82, 2.24) is 0 Å². The largest absolute Gasteiger partial charge is 0.508 e. The molecule has 0 unspecified atom stereocenters. The highest BCUT2D eigenvalue weighted by atomic mass is 16.3. The fraction of sp³-hybridized carbons (Fsp3) is 0.111. The van der Waals surface area contributed by atoms with Gasteiger partial charge >= 0.3 is 0 Å². The van der Waals surface area contributed by atoms with Crippen molar-refractivity contribution >= 4 is 0 Å². The number of benzene rings is 1. The fourth-order valence-corrected chi connectivity index (χ4v) is 0.845. The second kappa shape index (κ2) is 3.41. The summed E-state index contributed by atoms with van der Waals surface area (Å²) in [7, 11) is 0. The third kappa shape index (κ3) is 1.53. The van der Waals surface area contributed by atoms with Crippen LogP contribution in [0.25, 0.3) is 0 Å². The van der Waals surface area contributed by atoms with Crippen LogP contribution >= 0.6 is 0 Å². The first kappa shape index (κ1) is 8.10. The maximum Gasteiger partial charge on any atom is 0.158 e. The minimum atomic E-state index is -0.745. The predicted octanol–water partition coefficient (Wildman–Crippen LogP) is 1.52. The molecule has 0 saturated heterocycles. The first-order chi connectivity index (χ1) is 5.77. The van der Waals surface area contributed by atoms with Crippen LogP contribution in [0.3, 0.4) is 0 Å². The average Bonchev–Trinajstić information content (AvgIpc) is 2.10. The molecule has 0 fully saturated rings. The van der Waals surface area contributed by atoms with Crippen LogP contribution in [0, 0.1) is 22.7 Å². The number of hydrogen-bond acceptors (Lipinski definition) is 3. The van der Waals surface area contributed by atoms with Gasteiger partial charge in [0.25, 0.3) is 0 Å². The van der Waals surface area contributed by atoms with E-state index in [9.17, 15) is 0 Å². The van der Waals surface area contributed by atoms with Crippen LogP contribution in [0.4, 0.5) is 0 Å². The number of phenolic OH excluding ortho intramolecular Hbond substituents is 1. The van der Waals surface area contributed by atoms with E-state index in [0.29, 0.717) is 5.56 Å². The molecule has 3 nitrogen and oxygen atoms in total. The third-order valence-electron chi connectivity index (χ3n) is 1.48. The molecule has 0 radical (unpaired) electrons. The summed E-state index contributed by atoms with van der Waals surface area (Å²) in [6.45, 7) is 0. The molecule has 1 aromatic carbocycles. The van der Waals surface area contributed by atoms with Gasteiger partial charge in [0, 0.05) is 0 Å². The second-order valence-electron chi connectivity index (χ2n) is 2.28. The van der Waals surface area contributed by atoms with E-state index in [0.717, 1.165) is 0 Å². The number of hydrogen-bond donors (Lipinski definition) is 1. The zero-order valence-corrected chi connectivity index (χ0v) is 6.23. The minimum absolute atomic E-state index is 0.133. The van der Waals surface area contributed by atoms with Crippen LogP contribution in [-0.2, 0) is 0 Å². The Morgan fingerprint density at radius 3 is 2.00 bits per heavy atom. The predicted molar refractivity (Wildman–Crippen MR) is 42.1 cm³/mol. The van der Waals surface area contributed by atoms with Crippen molar-refractivity contribution in [3.8, 4) is 17.9 Å². The van der Waals surface area contributed by atoms with Gasteiger partial charge in [0.05, 0.1) is 12.1 Å². The van der Waals surface area contributed by atoms with Gasteiger partial charge in [0.15, 0.2) is 5.92 Å². The summed E-state index contributed by atoms with van der Waals surface area (Å²) in [6.07, 6.45) is 0. The third-order valence-corrected chi connectivity index (χ3v) is 1.48. The van der Waals surface area contributed by atoms with E-state index in [2.05, 4.69) is 0 Å². The highest BCUT2D eigenvalue weighted by Gasteiger charge is 2.07. The Morgan fingerprint density at radius 2 is 1.58 bits per heavy atom. The Labute approximate surface area is 70.1 Å². The lowest BCUT2D eigenvalue weighted by Crippen LogP contribution is -1.89. The molecule has 12 heavy (non-hydrogen) atoms. The van der Waals surface area contributed by atoms with Crippen LogP contribution < -0.4 is 0 Å². The van der Waals surface area contributed by atoms with Crippen molar-refractivity contribution in [2.24, 2.45) is 0 Å². The minimum Gasteiger partial charge on any atom is -0.508 e. The maximum atomic E-state index is 8.92. The number of aromatic hydroxyl groups is 1. The van der Waals surface area contributed by atoms with Gasteiger partial charge in [-0.05, 0) is 17.7 Å². The Kier molecular flexibility index (Phi) is 2.30. The van der Waals surface area contributed by atoms with E-state index in [-0.39, 0.29) is 5.75 Å². The van der Waals surface area contributed by atoms with E-state index in [1.54, 1.807) is 12.1 Å². The number of nitriles is 2. The standard InChI is InChI=1S/C9H6N2O/c10-5-8(6-11)7-1-3-9(12)4-2-7/h1-4,8,12H. The van der Waals surface area contributed by atoms with Crippen molar-refractivity contribution in [3.63, 3.8) is 0 Å². The Morgan fingerprint density at radius 1 is 1.08 bits per heavy atom. The topological polar surface area (TPSA) is 67.8 Å².